The van der Waals surface area contributed by atoms with E-state index in [0.29, 0.717) is 0 Å². The van der Waals surface area contributed by atoms with Gasteiger partial charge in [-0.15, -0.1) is 0 Å². The molecule has 0 aromatic rings. The van der Waals surface area contributed by atoms with E-state index in [9.17, 15) is 9.59 Å². The van der Waals surface area contributed by atoms with Gasteiger partial charge in [-0.3, -0.25) is 9.59 Å². The number of ether oxygens (including phenoxy) is 2. The average molecular weight is 180 g/mol. The molecule has 2 saturated heterocycles. The van der Waals surface area contributed by atoms with Crippen molar-refractivity contribution in [2.45, 2.75) is 18.6 Å². The number of fused-ring (bicyclic) bond motifs is 5. The Bertz CT molecular complexity index is 346. The van der Waals surface area contributed by atoms with Gasteiger partial charge in [0.1, 0.15) is 11.8 Å². The van der Waals surface area contributed by atoms with E-state index < -0.39 is 29.4 Å². The molecule has 0 saturated carbocycles. The summed E-state index contributed by atoms with van der Waals surface area (Å²) in [6.07, 6.45) is 3.42. The number of cyclic esters (lactones) is 2. The molecule has 3 rings (SSSR count). The van der Waals surface area contributed by atoms with E-state index in [1.807, 2.05) is 19.1 Å². The summed E-state index contributed by atoms with van der Waals surface area (Å²) in [5, 5.41) is 0. The normalized spacial score (nSPS) is 51.3. The fraction of sp³-hybridized carbons (Fsp3) is 0.556. The summed E-state index contributed by atoms with van der Waals surface area (Å²) in [7, 11) is 0. The quantitative estimate of drug-likeness (QED) is 0.300. The van der Waals surface area contributed by atoms with Crippen molar-refractivity contribution in [1.82, 2.24) is 0 Å². The van der Waals surface area contributed by atoms with Crippen molar-refractivity contribution in [3.8, 4) is 0 Å². The highest BCUT2D eigenvalue weighted by Gasteiger charge is 2.64. The first-order chi connectivity index (χ1) is 6.12. The monoisotopic (exact) mass is 180 g/mol. The molecule has 13 heavy (non-hydrogen) atoms. The summed E-state index contributed by atoms with van der Waals surface area (Å²) in [4.78, 5) is 22.5. The van der Waals surface area contributed by atoms with Crippen LogP contribution in [-0.4, -0.2) is 23.6 Å². The number of esters is 2. The highest BCUT2D eigenvalue weighted by atomic mass is 16.6. The van der Waals surface area contributed by atoms with E-state index in [4.69, 9.17) is 4.74 Å². The largest absolute Gasteiger partial charge is 0.393 e. The Morgan fingerprint density at radius 3 is 2.85 bits per heavy atom. The molecule has 0 unspecified atom stereocenters. The van der Waals surface area contributed by atoms with Gasteiger partial charge in [-0.05, 0) is 6.92 Å². The minimum absolute atomic E-state index is 0.256. The van der Waals surface area contributed by atoms with Gasteiger partial charge in [0, 0.05) is 0 Å². The Kier molecular flexibility index (Phi) is 1.03. The summed E-state index contributed by atoms with van der Waals surface area (Å²) in [5.74, 6) is -1.70. The molecule has 2 bridgehead atoms. The van der Waals surface area contributed by atoms with Crippen LogP contribution in [0.15, 0.2) is 12.2 Å². The van der Waals surface area contributed by atoms with Gasteiger partial charge in [0.2, 0.25) is 0 Å². The first-order valence-electron chi connectivity index (χ1n) is 4.24. The maximum absolute atomic E-state index is 11.3. The predicted octanol–water partition coefficient (Wildman–Crippen LogP) is 0.0295. The SMILES string of the molecule is C[C@@]12C=C[C@@H](O1)[C@H]1C(=O)OC(=O)[C@@H]12. The minimum atomic E-state index is -0.613. The average Bonchev–Trinajstić information content (AvgIpc) is 2.62. The van der Waals surface area contributed by atoms with E-state index in [2.05, 4.69) is 4.74 Å². The van der Waals surface area contributed by atoms with Crippen LogP contribution in [-0.2, 0) is 19.1 Å². The molecule has 0 amide bonds. The molecule has 68 valence electrons. The van der Waals surface area contributed by atoms with Gasteiger partial charge in [-0.2, -0.15) is 0 Å². The molecule has 3 aliphatic heterocycles. The first-order valence-corrected chi connectivity index (χ1v) is 4.24. The second-order valence-corrected chi connectivity index (χ2v) is 3.87. The van der Waals surface area contributed by atoms with Gasteiger partial charge in [0.15, 0.2) is 0 Å². The molecule has 2 fully saturated rings. The highest BCUT2D eigenvalue weighted by Crippen LogP contribution is 2.50. The molecule has 0 N–H and O–H groups in total. The number of carbonyl (C=O) groups is 2. The van der Waals surface area contributed by atoms with Crippen LogP contribution < -0.4 is 0 Å². The molecular weight excluding hydrogens is 172 g/mol. The second-order valence-electron chi connectivity index (χ2n) is 3.87. The molecular formula is C9H8O4. The van der Waals surface area contributed by atoms with E-state index in [1.54, 1.807) is 0 Å². The van der Waals surface area contributed by atoms with Crippen molar-refractivity contribution in [3.05, 3.63) is 12.2 Å². The van der Waals surface area contributed by atoms with E-state index in [1.165, 1.54) is 0 Å². The number of hydrogen-bond donors (Lipinski definition) is 0. The van der Waals surface area contributed by atoms with Crippen LogP contribution in [0.3, 0.4) is 0 Å². The summed E-state index contributed by atoms with van der Waals surface area (Å²) in [5.41, 5.74) is -0.613. The lowest BCUT2D eigenvalue weighted by molar-refractivity contribution is -0.157. The molecule has 0 aromatic carbocycles. The van der Waals surface area contributed by atoms with Crippen LogP contribution in [0.25, 0.3) is 0 Å². The van der Waals surface area contributed by atoms with Crippen molar-refractivity contribution in [3.63, 3.8) is 0 Å². The highest BCUT2D eigenvalue weighted by molar-refractivity contribution is 5.99. The molecule has 0 aromatic heterocycles. The lowest BCUT2D eigenvalue weighted by Gasteiger charge is -2.20. The summed E-state index contributed by atoms with van der Waals surface area (Å²) >= 11 is 0. The third-order valence-electron chi connectivity index (χ3n) is 3.06. The van der Waals surface area contributed by atoms with Crippen LogP contribution in [0.4, 0.5) is 0 Å². The summed E-state index contributed by atoms with van der Waals surface area (Å²) in [6, 6.07) is 0. The zero-order valence-electron chi connectivity index (χ0n) is 7.02. The van der Waals surface area contributed by atoms with Crippen molar-refractivity contribution >= 4 is 11.9 Å². The van der Waals surface area contributed by atoms with Gasteiger partial charge in [-0.1, -0.05) is 12.2 Å². The van der Waals surface area contributed by atoms with Crippen LogP contribution in [0, 0.1) is 11.8 Å². The third kappa shape index (κ3) is 0.659. The summed E-state index contributed by atoms with van der Waals surface area (Å²) < 4.78 is 10.1. The van der Waals surface area contributed by atoms with Gasteiger partial charge in [0.25, 0.3) is 0 Å². The molecule has 3 aliphatic rings. The molecule has 4 atom stereocenters. The lowest BCUT2D eigenvalue weighted by Crippen LogP contribution is -2.34. The molecule has 4 heteroatoms. The number of carbonyl (C=O) groups excluding carboxylic acids is 2. The van der Waals surface area contributed by atoms with Crippen LogP contribution in [0.1, 0.15) is 6.92 Å². The smallest absolute Gasteiger partial charge is 0.320 e. The Labute approximate surface area is 74.5 Å². The van der Waals surface area contributed by atoms with Gasteiger partial charge in [-0.25, -0.2) is 0 Å². The Balaban J connectivity index is 2.13. The molecule has 0 aliphatic carbocycles. The maximum atomic E-state index is 11.3. The van der Waals surface area contributed by atoms with Gasteiger partial charge >= 0.3 is 11.9 Å². The predicted molar refractivity (Wildman–Crippen MR) is 40.5 cm³/mol. The van der Waals surface area contributed by atoms with E-state index in [0.717, 1.165) is 0 Å². The van der Waals surface area contributed by atoms with Gasteiger partial charge < -0.3 is 9.47 Å². The topological polar surface area (TPSA) is 52.6 Å². The molecule has 0 spiro atoms. The van der Waals surface area contributed by atoms with Crippen molar-refractivity contribution in [2.24, 2.45) is 11.8 Å². The first kappa shape index (κ1) is 7.26. The van der Waals surface area contributed by atoms with Crippen molar-refractivity contribution in [2.75, 3.05) is 0 Å². The molecule has 4 nitrogen and oxygen atoms in total. The summed E-state index contributed by atoms with van der Waals surface area (Å²) in [6.45, 7) is 1.81. The fourth-order valence-corrected chi connectivity index (χ4v) is 2.46. The third-order valence-corrected chi connectivity index (χ3v) is 3.06. The van der Waals surface area contributed by atoms with E-state index in [-0.39, 0.29) is 6.10 Å². The Hall–Kier alpha value is -1.16. The zero-order chi connectivity index (χ0) is 9.22. The van der Waals surface area contributed by atoms with Gasteiger partial charge in [0.05, 0.1) is 11.7 Å². The number of rotatable bonds is 0. The fourth-order valence-electron chi connectivity index (χ4n) is 2.46. The maximum Gasteiger partial charge on any atom is 0.320 e. The minimum Gasteiger partial charge on any atom is -0.393 e. The standard InChI is InChI=1S/C9H8O4/c1-9-3-2-4(13-9)5-6(9)8(11)12-7(5)10/h2-6H,1H3/t4-,5-,6-,9+/m1/s1. The molecule has 0 radical (unpaired) electrons. The Morgan fingerprint density at radius 1 is 1.38 bits per heavy atom. The lowest BCUT2D eigenvalue weighted by atomic mass is 9.78. The van der Waals surface area contributed by atoms with Crippen molar-refractivity contribution < 1.29 is 19.1 Å². The zero-order valence-corrected chi connectivity index (χ0v) is 7.02. The van der Waals surface area contributed by atoms with Crippen LogP contribution >= 0.6 is 0 Å². The van der Waals surface area contributed by atoms with Crippen LogP contribution in [0.2, 0.25) is 0 Å². The number of hydrogen-bond acceptors (Lipinski definition) is 4. The molecule has 3 heterocycles. The van der Waals surface area contributed by atoms with Crippen LogP contribution in [0.5, 0.6) is 0 Å². The van der Waals surface area contributed by atoms with Crippen molar-refractivity contribution in [1.29, 1.82) is 0 Å². The Morgan fingerprint density at radius 2 is 2.15 bits per heavy atom. The second kappa shape index (κ2) is 1.85. The van der Waals surface area contributed by atoms with E-state index >= 15 is 0 Å².